The smallest absolute Gasteiger partial charge is 0.407 e. The second-order valence-corrected chi connectivity index (χ2v) is 9.07. The van der Waals surface area contributed by atoms with Crippen LogP contribution in [0.2, 0.25) is 0 Å². The first kappa shape index (κ1) is 23.8. The number of carbonyl (C=O) groups is 3. The number of alkyl carbamates (subject to hydrolysis) is 1. The van der Waals surface area contributed by atoms with Crippen molar-refractivity contribution in [3.63, 3.8) is 0 Å². The van der Waals surface area contributed by atoms with E-state index in [0.29, 0.717) is 12.8 Å². The van der Waals surface area contributed by atoms with Crippen LogP contribution in [-0.4, -0.2) is 54.0 Å². The molecule has 2 aromatic carbocycles. The van der Waals surface area contributed by atoms with Gasteiger partial charge in [-0.25, -0.2) is 9.59 Å². The van der Waals surface area contributed by atoms with Crippen LogP contribution in [0.15, 0.2) is 48.5 Å². The topological polar surface area (TPSA) is 125 Å². The molecule has 34 heavy (non-hydrogen) atoms. The van der Waals surface area contributed by atoms with Crippen molar-refractivity contribution in [3.8, 4) is 11.1 Å². The molecule has 1 atom stereocenters. The van der Waals surface area contributed by atoms with Crippen molar-refractivity contribution in [1.29, 1.82) is 0 Å². The lowest BCUT2D eigenvalue weighted by Gasteiger charge is -2.28. The Morgan fingerprint density at radius 2 is 1.56 bits per heavy atom. The van der Waals surface area contributed by atoms with E-state index in [-0.39, 0.29) is 37.9 Å². The number of benzene rings is 2. The maximum Gasteiger partial charge on any atom is 0.407 e. The largest absolute Gasteiger partial charge is 0.479 e. The molecule has 8 heteroatoms. The molecule has 0 aromatic heterocycles. The molecule has 4 rings (SSSR count). The van der Waals surface area contributed by atoms with Gasteiger partial charge >= 0.3 is 12.1 Å². The summed E-state index contributed by atoms with van der Waals surface area (Å²) < 4.78 is 5.58. The summed E-state index contributed by atoms with van der Waals surface area (Å²) in [5.41, 5.74) is 3.82. The van der Waals surface area contributed by atoms with Gasteiger partial charge in [-0.15, -0.1) is 0 Å². The molecule has 0 heterocycles. The lowest BCUT2D eigenvalue weighted by Crippen LogP contribution is -2.47. The zero-order chi connectivity index (χ0) is 24.1. The molecule has 2 aliphatic carbocycles. The minimum absolute atomic E-state index is 0.0393. The highest BCUT2D eigenvalue weighted by Crippen LogP contribution is 2.44. The number of ether oxygens (including phenoxy) is 1. The molecule has 0 aliphatic heterocycles. The summed E-state index contributed by atoms with van der Waals surface area (Å²) in [6.45, 7) is 0.405. The Morgan fingerprint density at radius 3 is 2.15 bits per heavy atom. The van der Waals surface area contributed by atoms with Crippen LogP contribution in [0.3, 0.4) is 0 Å². The van der Waals surface area contributed by atoms with E-state index < -0.39 is 23.6 Å². The molecule has 2 aliphatic rings. The fraction of sp³-hybridized carbons (Fsp3) is 0.423. The average molecular weight is 467 g/mol. The summed E-state index contributed by atoms with van der Waals surface area (Å²) in [7, 11) is 0. The van der Waals surface area contributed by atoms with Gasteiger partial charge in [0.05, 0.1) is 5.41 Å². The van der Waals surface area contributed by atoms with Crippen molar-refractivity contribution in [2.75, 3.05) is 19.7 Å². The number of fused-ring (bicyclic) bond motifs is 3. The third-order valence-electron chi connectivity index (χ3n) is 6.95. The van der Waals surface area contributed by atoms with E-state index in [2.05, 4.69) is 34.9 Å². The summed E-state index contributed by atoms with van der Waals surface area (Å²) in [4.78, 5) is 36.1. The van der Waals surface area contributed by atoms with Crippen LogP contribution >= 0.6 is 0 Å². The quantitative estimate of drug-likeness (QED) is 0.450. The Balaban J connectivity index is 1.32. The summed E-state index contributed by atoms with van der Waals surface area (Å²) in [5, 5.41) is 23.6. The van der Waals surface area contributed by atoms with Gasteiger partial charge in [0.15, 0.2) is 6.10 Å². The molecular formula is C26H30N2O6. The van der Waals surface area contributed by atoms with Gasteiger partial charge in [0, 0.05) is 25.4 Å². The van der Waals surface area contributed by atoms with Crippen LogP contribution in [-0.2, 0) is 14.3 Å². The third kappa shape index (κ3) is 4.92. The van der Waals surface area contributed by atoms with Crippen molar-refractivity contribution in [2.24, 2.45) is 5.41 Å². The van der Waals surface area contributed by atoms with Crippen molar-refractivity contribution < 1.29 is 29.3 Å². The fourth-order valence-corrected chi connectivity index (χ4v) is 5.06. The van der Waals surface area contributed by atoms with Crippen LogP contribution in [0.25, 0.3) is 11.1 Å². The first-order valence-electron chi connectivity index (χ1n) is 11.7. The molecule has 1 saturated carbocycles. The Labute approximate surface area is 198 Å². The van der Waals surface area contributed by atoms with Gasteiger partial charge in [0.2, 0.25) is 5.91 Å². The standard InChI is InChI=1S/C26H30N2O6/c29-22(23(30)31)11-14-27-24(32)26(12-5-6-13-26)16-28-25(33)34-15-21-19-9-3-1-7-17(19)18-8-2-4-10-20(18)21/h1-4,7-10,21-22,29H,5-6,11-16H2,(H,27,32)(H,28,33)(H,30,31)/t22-/m0/s1. The number of amides is 2. The maximum atomic E-state index is 12.8. The van der Waals surface area contributed by atoms with E-state index in [1.165, 1.54) is 0 Å². The molecule has 0 bridgehead atoms. The summed E-state index contributed by atoms with van der Waals surface area (Å²) >= 11 is 0. The van der Waals surface area contributed by atoms with E-state index in [9.17, 15) is 19.5 Å². The second kappa shape index (κ2) is 10.3. The molecule has 1 fully saturated rings. The zero-order valence-electron chi connectivity index (χ0n) is 19.0. The minimum Gasteiger partial charge on any atom is -0.479 e. The fourth-order valence-electron chi connectivity index (χ4n) is 5.06. The molecule has 2 amide bonds. The molecule has 8 nitrogen and oxygen atoms in total. The number of aliphatic carboxylic acids is 1. The van der Waals surface area contributed by atoms with Crippen molar-refractivity contribution in [2.45, 2.75) is 44.1 Å². The van der Waals surface area contributed by atoms with Crippen LogP contribution in [0.4, 0.5) is 4.79 Å². The van der Waals surface area contributed by atoms with Gasteiger partial charge < -0.3 is 25.6 Å². The van der Waals surface area contributed by atoms with Gasteiger partial charge in [-0.2, -0.15) is 0 Å². The van der Waals surface area contributed by atoms with E-state index in [1.54, 1.807) is 0 Å². The zero-order valence-corrected chi connectivity index (χ0v) is 19.0. The molecular weight excluding hydrogens is 436 g/mol. The van der Waals surface area contributed by atoms with E-state index in [4.69, 9.17) is 9.84 Å². The number of nitrogens with one attached hydrogen (secondary N) is 2. The third-order valence-corrected chi connectivity index (χ3v) is 6.95. The normalized spacial score (nSPS) is 16.9. The van der Waals surface area contributed by atoms with E-state index >= 15 is 0 Å². The number of carboxylic acids is 1. The van der Waals surface area contributed by atoms with Crippen molar-refractivity contribution in [3.05, 3.63) is 59.7 Å². The minimum atomic E-state index is -1.52. The first-order valence-corrected chi connectivity index (χ1v) is 11.7. The highest BCUT2D eigenvalue weighted by molar-refractivity contribution is 5.84. The Bertz CT molecular complexity index is 1020. The number of carboxylic acid groups (broad SMARTS) is 1. The van der Waals surface area contributed by atoms with Crippen LogP contribution in [0.1, 0.15) is 49.1 Å². The lowest BCUT2D eigenvalue weighted by atomic mass is 9.85. The predicted octanol–water partition coefficient (Wildman–Crippen LogP) is 3.04. The molecule has 180 valence electrons. The van der Waals surface area contributed by atoms with Crippen LogP contribution in [0, 0.1) is 5.41 Å². The van der Waals surface area contributed by atoms with Crippen LogP contribution < -0.4 is 10.6 Å². The van der Waals surface area contributed by atoms with E-state index in [1.807, 2.05) is 24.3 Å². The summed E-state index contributed by atoms with van der Waals surface area (Å²) in [6.07, 6.45) is 0.848. The van der Waals surface area contributed by atoms with Gasteiger partial charge in [0.1, 0.15) is 6.61 Å². The highest BCUT2D eigenvalue weighted by atomic mass is 16.5. The monoisotopic (exact) mass is 466 g/mol. The molecule has 2 aromatic rings. The second-order valence-electron chi connectivity index (χ2n) is 9.07. The molecule has 0 radical (unpaired) electrons. The average Bonchev–Trinajstić information content (AvgIpc) is 3.45. The number of hydrogen-bond donors (Lipinski definition) is 4. The predicted molar refractivity (Wildman–Crippen MR) is 125 cm³/mol. The summed E-state index contributed by atoms with van der Waals surface area (Å²) in [5.74, 6) is -1.59. The molecule has 4 N–H and O–H groups in total. The van der Waals surface area contributed by atoms with Crippen molar-refractivity contribution in [1.82, 2.24) is 10.6 Å². The highest BCUT2D eigenvalue weighted by Gasteiger charge is 2.41. The van der Waals surface area contributed by atoms with Crippen molar-refractivity contribution >= 4 is 18.0 Å². The van der Waals surface area contributed by atoms with Gasteiger partial charge in [0.25, 0.3) is 0 Å². The number of aliphatic hydroxyl groups is 1. The summed E-state index contributed by atoms with van der Waals surface area (Å²) in [6, 6.07) is 16.2. The van der Waals surface area contributed by atoms with Gasteiger partial charge in [-0.3, -0.25) is 4.79 Å². The maximum absolute atomic E-state index is 12.8. The number of aliphatic hydroxyl groups excluding tert-OH is 1. The van der Waals surface area contributed by atoms with Crippen LogP contribution in [0.5, 0.6) is 0 Å². The van der Waals surface area contributed by atoms with E-state index in [0.717, 1.165) is 35.1 Å². The molecule has 0 spiro atoms. The first-order chi connectivity index (χ1) is 16.4. The molecule has 0 saturated heterocycles. The Kier molecular flexibility index (Phi) is 7.17. The number of hydrogen-bond acceptors (Lipinski definition) is 5. The number of carbonyl (C=O) groups excluding carboxylic acids is 2. The SMILES string of the molecule is O=C(NCC1(C(=O)NCC[C@H](O)C(=O)O)CCCC1)OCC1c2ccccc2-c2ccccc21. The molecule has 0 unspecified atom stereocenters. The number of rotatable bonds is 9. The van der Waals surface area contributed by atoms with Gasteiger partial charge in [-0.05, 0) is 35.1 Å². The Hall–Kier alpha value is -3.39. The Morgan fingerprint density at radius 1 is 0.971 bits per heavy atom. The lowest BCUT2D eigenvalue weighted by molar-refractivity contribution is -0.147. The van der Waals surface area contributed by atoms with Gasteiger partial charge in [-0.1, -0.05) is 61.4 Å².